The molecule has 0 saturated heterocycles. The molecule has 0 atom stereocenters. The number of carbonyl (C=O) groups is 1. The minimum absolute atomic E-state index is 0.0425. The lowest BCUT2D eigenvalue weighted by molar-refractivity contribution is -0.384. The second-order valence-electron chi connectivity index (χ2n) is 4.72. The molecule has 2 aromatic carbocycles. The van der Waals surface area contributed by atoms with Gasteiger partial charge in [-0.2, -0.15) is 0 Å². The van der Waals surface area contributed by atoms with E-state index in [1.165, 1.54) is 35.6 Å². The molecule has 0 fully saturated rings. The van der Waals surface area contributed by atoms with E-state index in [9.17, 15) is 14.9 Å². The number of non-ortho nitro benzene ring substituents is 1. The third kappa shape index (κ3) is 3.24. The molecule has 1 N–H and O–H groups in total. The highest BCUT2D eigenvalue weighted by molar-refractivity contribution is 7.19. The molecule has 0 spiro atoms. The molecule has 7 heteroatoms. The van der Waals surface area contributed by atoms with Crippen LogP contribution in [0.4, 0.5) is 5.69 Å². The molecule has 23 heavy (non-hydrogen) atoms. The summed E-state index contributed by atoms with van der Waals surface area (Å²) in [5, 5.41) is 20.3. The Kier molecular flexibility index (Phi) is 3.86. The van der Waals surface area contributed by atoms with Crippen LogP contribution < -0.4 is 0 Å². The first-order valence-corrected chi connectivity index (χ1v) is 7.41. The summed E-state index contributed by atoms with van der Waals surface area (Å²) in [4.78, 5) is 25.5. The second-order valence-corrected chi connectivity index (χ2v) is 5.78. The van der Waals surface area contributed by atoms with Crippen LogP contribution in [0.1, 0.15) is 20.9 Å². The fourth-order valence-electron chi connectivity index (χ4n) is 2.02. The number of nitro benzene ring substituents is 1. The molecule has 0 bridgehead atoms. The molecule has 0 aliphatic heterocycles. The standard InChI is InChI=1S/C16H10N2O4S/c19-16(20)11-4-1-10(2-5-11)3-8-15-17-13-7-6-12(18(21)22)9-14(13)23-15/h1-9H,(H,19,20)/b8-3+. The molecule has 0 radical (unpaired) electrons. The van der Waals surface area contributed by atoms with Crippen molar-refractivity contribution >= 4 is 45.4 Å². The van der Waals surface area contributed by atoms with Gasteiger partial charge in [0, 0.05) is 12.1 Å². The lowest BCUT2D eigenvalue weighted by atomic mass is 10.1. The lowest BCUT2D eigenvalue weighted by Crippen LogP contribution is -1.94. The maximum atomic E-state index is 10.8. The molecular formula is C16H10N2O4S. The van der Waals surface area contributed by atoms with E-state index in [0.717, 1.165) is 15.3 Å². The maximum Gasteiger partial charge on any atom is 0.335 e. The zero-order chi connectivity index (χ0) is 16.4. The van der Waals surface area contributed by atoms with E-state index >= 15 is 0 Å². The number of thiazole rings is 1. The van der Waals surface area contributed by atoms with Crippen LogP contribution in [0.3, 0.4) is 0 Å². The summed E-state index contributed by atoms with van der Waals surface area (Å²) in [7, 11) is 0. The topological polar surface area (TPSA) is 93.3 Å². The highest BCUT2D eigenvalue weighted by Crippen LogP contribution is 2.27. The van der Waals surface area contributed by atoms with Gasteiger partial charge in [-0.3, -0.25) is 10.1 Å². The van der Waals surface area contributed by atoms with Crippen LogP contribution in [0.25, 0.3) is 22.4 Å². The smallest absolute Gasteiger partial charge is 0.335 e. The van der Waals surface area contributed by atoms with E-state index < -0.39 is 10.9 Å². The quantitative estimate of drug-likeness (QED) is 0.576. The van der Waals surface area contributed by atoms with Crippen molar-refractivity contribution in [2.45, 2.75) is 0 Å². The number of nitro groups is 1. The van der Waals surface area contributed by atoms with Gasteiger partial charge in [-0.25, -0.2) is 9.78 Å². The molecule has 3 rings (SSSR count). The number of nitrogens with zero attached hydrogens (tertiary/aromatic N) is 2. The van der Waals surface area contributed by atoms with Gasteiger partial charge in [0.1, 0.15) is 5.01 Å². The Labute approximate surface area is 134 Å². The highest BCUT2D eigenvalue weighted by Gasteiger charge is 2.09. The van der Waals surface area contributed by atoms with Crippen molar-refractivity contribution < 1.29 is 14.8 Å². The number of hydrogen-bond donors (Lipinski definition) is 1. The van der Waals surface area contributed by atoms with Crippen molar-refractivity contribution in [1.29, 1.82) is 0 Å². The number of aromatic carboxylic acids is 1. The Morgan fingerprint density at radius 2 is 1.91 bits per heavy atom. The summed E-state index contributed by atoms with van der Waals surface area (Å²) >= 11 is 1.36. The maximum absolute atomic E-state index is 10.8. The van der Waals surface area contributed by atoms with Gasteiger partial charge in [0.15, 0.2) is 0 Å². The predicted molar refractivity (Wildman–Crippen MR) is 88.6 cm³/mol. The Hall–Kier alpha value is -3.06. The van der Waals surface area contributed by atoms with Gasteiger partial charge in [-0.1, -0.05) is 18.2 Å². The number of carboxylic acids is 1. The first kappa shape index (κ1) is 14.9. The second kappa shape index (κ2) is 5.98. The molecule has 0 aliphatic carbocycles. The Morgan fingerprint density at radius 1 is 1.17 bits per heavy atom. The van der Waals surface area contributed by atoms with E-state index in [-0.39, 0.29) is 11.3 Å². The lowest BCUT2D eigenvalue weighted by Gasteiger charge is -1.95. The first-order valence-electron chi connectivity index (χ1n) is 6.59. The number of carboxylic acid groups (broad SMARTS) is 1. The number of benzene rings is 2. The summed E-state index contributed by atoms with van der Waals surface area (Å²) < 4.78 is 0.750. The van der Waals surface area contributed by atoms with Gasteiger partial charge in [-0.15, -0.1) is 11.3 Å². The Bertz CT molecular complexity index is 929. The molecular weight excluding hydrogens is 316 g/mol. The number of rotatable bonds is 4. The van der Waals surface area contributed by atoms with Crippen molar-refractivity contribution in [2.24, 2.45) is 0 Å². The van der Waals surface area contributed by atoms with Crippen molar-refractivity contribution in [2.75, 3.05) is 0 Å². The normalized spacial score (nSPS) is 11.1. The zero-order valence-corrected chi connectivity index (χ0v) is 12.5. The summed E-state index contributed by atoms with van der Waals surface area (Å²) in [5.74, 6) is -0.965. The molecule has 114 valence electrons. The highest BCUT2D eigenvalue weighted by atomic mass is 32.1. The van der Waals surface area contributed by atoms with Gasteiger partial charge in [-0.05, 0) is 29.8 Å². The largest absolute Gasteiger partial charge is 0.478 e. The fourth-order valence-corrected chi connectivity index (χ4v) is 2.92. The van der Waals surface area contributed by atoms with E-state index in [0.29, 0.717) is 5.52 Å². The minimum Gasteiger partial charge on any atom is -0.478 e. The van der Waals surface area contributed by atoms with Crippen molar-refractivity contribution in [3.05, 3.63) is 68.7 Å². The third-order valence-corrected chi connectivity index (χ3v) is 4.16. The van der Waals surface area contributed by atoms with Crippen molar-refractivity contribution in [3.63, 3.8) is 0 Å². The third-order valence-electron chi connectivity index (χ3n) is 3.18. The van der Waals surface area contributed by atoms with E-state index in [1.54, 1.807) is 24.3 Å². The number of aromatic nitrogens is 1. The van der Waals surface area contributed by atoms with Crippen LogP contribution in [0, 0.1) is 10.1 Å². The molecule has 0 amide bonds. The number of fused-ring (bicyclic) bond motifs is 1. The minimum atomic E-state index is -0.965. The van der Waals surface area contributed by atoms with Crippen LogP contribution in [0.2, 0.25) is 0 Å². The summed E-state index contributed by atoms with van der Waals surface area (Å²) in [6, 6.07) is 11.0. The Morgan fingerprint density at radius 3 is 2.57 bits per heavy atom. The monoisotopic (exact) mass is 326 g/mol. The fraction of sp³-hybridized carbons (Fsp3) is 0. The molecule has 0 unspecified atom stereocenters. The van der Waals surface area contributed by atoms with Crippen molar-refractivity contribution in [1.82, 2.24) is 4.98 Å². The predicted octanol–water partition coefficient (Wildman–Crippen LogP) is 4.07. The van der Waals surface area contributed by atoms with Gasteiger partial charge >= 0.3 is 5.97 Å². The molecule has 0 saturated carbocycles. The summed E-state index contributed by atoms with van der Waals surface area (Å²) in [5.41, 5.74) is 1.83. The molecule has 3 aromatic rings. The van der Waals surface area contributed by atoms with Crippen LogP contribution in [-0.4, -0.2) is 21.0 Å². The SMILES string of the molecule is O=C(O)c1ccc(/C=C/c2nc3ccc([N+](=O)[O-])cc3s2)cc1. The summed E-state index contributed by atoms with van der Waals surface area (Å²) in [6.07, 6.45) is 3.62. The van der Waals surface area contributed by atoms with Gasteiger partial charge in [0.05, 0.1) is 20.7 Å². The van der Waals surface area contributed by atoms with Gasteiger partial charge < -0.3 is 5.11 Å². The van der Waals surface area contributed by atoms with Crippen LogP contribution >= 0.6 is 11.3 Å². The molecule has 0 aliphatic rings. The van der Waals surface area contributed by atoms with E-state index in [4.69, 9.17) is 5.11 Å². The van der Waals surface area contributed by atoms with Gasteiger partial charge in [0.2, 0.25) is 0 Å². The first-order chi connectivity index (χ1) is 11.0. The average molecular weight is 326 g/mol. The van der Waals surface area contributed by atoms with Gasteiger partial charge in [0.25, 0.3) is 5.69 Å². The van der Waals surface area contributed by atoms with E-state index in [1.807, 2.05) is 6.08 Å². The number of hydrogen-bond acceptors (Lipinski definition) is 5. The average Bonchev–Trinajstić information content (AvgIpc) is 2.95. The molecule has 1 aromatic heterocycles. The van der Waals surface area contributed by atoms with Crippen LogP contribution in [-0.2, 0) is 0 Å². The van der Waals surface area contributed by atoms with Crippen LogP contribution in [0.15, 0.2) is 42.5 Å². The zero-order valence-electron chi connectivity index (χ0n) is 11.7. The van der Waals surface area contributed by atoms with Crippen molar-refractivity contribution in [3.8, 4) is 0 Å². The van der Waals surface area contributed by atoms with E-state index in [2.05, 4.69) is 4.98 Å². The molecule has 6 nitrogen and oxygen atoms in total. The summed E-state index contributed by atoms with van der Waals surface area (Å²) in [6.45, 7) is 0. The molecule has 1 heterocycles. The van der Waals surface area contributed by atoms with Crippen LogP contribution in [0.5, 0.6) is 0 Å². The Balaban J connectivity index is 1.85.